The fraction of sp³-hybridized carbons (Fsp3) is 0.632. The maximum Gasteiger partial charge on any atom is 0.243 e. The predicted molar refractivity (Wildman–Crippen MR) is 102 cm³/mol. The summed E-state index contributed by atoms with van der Waals surface area (Å²) < 4.78 is 39.5. The first-order valence-corrected chi connectivity index (χ1v) is 10.9. The zero-order valence-corrected chi connectivity index (χ0v) is 17.0. The molecular weight excluding hydrogens is 384 g/mol. The third-order valence-corrected chi connectivity index (χ3v) is 7.09. The first kappa shape index (κ1) is 21.2. The number of aliphatic hydroxyl groups is 1. The monoisotopic (exact) mass is 412 g/mol. The maximum absolute atomic E-state index is 13.3. The maximum atomic E-state index is 13.3. The van der Waals surface area contributed by atoms with Crippen molar-refractivity contribution in [3.8, 4) is 0 Å². The third kappa shape index (κ3) is 4.72. The first-order chi connectivity index (χ1) is 13.3. The standard InChI is InChI=1S/C19H28N2O6S/c1-20(2)19(23)10-15-8-9-17-18(27-15)13-26-12-14(22)11-21(17)28(24,25)16-6-4-3-5-7-16/h3-7,14-15,17-18,22H,8-13H2,1-2H3/t14-,15-,17-,18+/m0/s1. The summed E-state index contributed by atoms with van der Waals surface area (Å²) in [6.45, 7) is 0.160. The Morgan fingerprint density at radius 2 is 1.93 bits per heavy atom. The molecule has 3 rings (SSSR count). The van der Waals surface area contributed by atoms with E-state index in [1.807, 2.05) is 0 Å². The van der Waals surface area contributed by atoms with Gasteiger partial charge in [-0.15, -0.1) is 0 Å². The number of β-amino-alcohol motifs (C(OH)–C–C–N with tert-alkyl or cyclic N) is 1. The van der Waals surface area contributed by atoms with Crippen molar-refractivity contribution < 1.29 is 27.8 Å². The number of ether oxygens (including phenoxy) is 2. The molecule has 4 atom stereocenters. The minimum atomic E-state index is -3.80. The third-order valence-electron chi connectivity index (χ3n) is 5.18. The normalized spacial score (nSPS) is 29.4. The molecule has 0 radical (unpaired) electrons. The summed E-state index contributed by atoms with van der Waals surface area (Å²) in [6.07, 6.45) is -0.308. The molecule has 0 unspecified atom stereocenters. The number of sulfonamides is 1. The van der Waals surface area contributed by atoms with Crippen molar-refractivity contribution >= 4 is 15.9 Å². The molecule has 2 heterocycles. The summed E-state index contributed by atoms with van der Waals surface area (Å²) in [6, 6.07) is 7.75. The van der Waals surface area contributed by atoms with E-state index in [0.717, 1.165) is 0 Å². The Labute approximate surface area is 166 Å². The van der Waals surface area contributed by atoms with E-state index in [0.29, 0.717) is 12.8 Å². The minimum Gasteiger partial charge on any atom is -0.389 e. The molecule has 1 aromatic carbocycles. The molecular formula is C19H28N2O6S. The minimum absolute atomic E-state index is 0.0283. The Kier molecular flexibility index (Phi) is 6.72. The lowest BCUT2D eigenvalue weighted by Gasteiger charge is -2.43. The zero-order chi connectivity index (χ0) is 20.3. The molecule has 2 fully saturated rings. The van der Waals surface area contributed by atoms with Crippen molar-refractivity contribution in [2.45, 2.75) is 48.5 Å². The number of benzene rings is 1. The Bertz CT molecular complexity index is 770. The van der Waals surface area contributed by atoms with Crippen molar-refractivity contribution in [1.29, 1.82) is 0 Å². The summed E-state index contributed by atoms with van der Waals surface area (Å²) in [4.78, 5) is 13.7. The van der Waals surface area contributed by atoms with Crippen molar-refractivity contribution in [1.82, 2.24) is 9.21 Å². The van der Waals surface area contributed by atoms with Crippen LogP contribution < -0.4 is 0 Å². The zero-order valence-electron chi connectivity index (χ0n) is 16.2. The quantitative estimate of drug-likeness (QED) is 0.772. The van der Waals surface area contributed by atoms with Crippen molar-refractivity contribution in [2.24, 2.45) is 0 Å². The van der Waals surface area contributed by atoms with Gasteiger partial charge in [-0.3, -0.25) is 4.79 Å². The lowest BCUT2D eigenvalue weighted by Crippen LogP contribution is -2.57. The summed E-state index contributed by atoms with van der Waals surface area (Å²) >= 11 is 0. The number of hydrogen-bond donors (Lipinski definition) is 1. The number of hydrogen-bond acceptors (Lipinski definition) is 6. The van der Waals surface area contributed by atoms with Gasteiger partial charge in [0.1, 0.15) is 0 Å². The predicted octanol–water partition coefficient (Wildman–Crippen LogP) is 0.463. The van der Waals surface area contributed by atoms with Gasteiger partial charge in [0.15, 0.2) is 0 Å². The second-order valence-corrected chi connectivity index (χ2v) is 9.40. The molecule has 8 nitrogen and oxygen atoms in total. The Morgan fingerprint density at radius 1 is 1.21 bits per heavy atom. The van der Waals surface area contributed by atoms with Crippen LogP contribution in [0, 0.1) is 0 Å². The highest BCUT2D eigenvalue weighted by Gasteiger charge is 2.43. The number of amides is 1. The van der Waals surface area contributed by atoms with Crippen LogP contribution in [0.3, 0.4) is 0 Å². The van der Waals surface area contributed by atoms with Crippen LogP contribution in [-0.4, -0.2) is 86.8 Å². The van der Waals surface area contributed by atoms with Gasteiger partial charge in [0.05, 0.1) is 48.9 Å². The second kappa shape index (κ2) is 8.87. The van der Waals surface area contributed by atoms with Gasteiger partial charge < -0.3 is 19.5 Å². The van der Waals surface area contributed by atoms with E-state index in [1.165, 1.54) is 9.21 Å². The highest BCUT2D eigenvalue weighted by atomic mass is 32.2. The molecule has 2 aliphatic heterocycles. The summed E-state index contributed by atoms with van der Waals surface area (Å²) in [7, 11) is -0.403. The number of aliphatic hydroxyl groups excluding tert-OH is 1. The first-order valence-electron chi connectivity index (χ1n) is 9.47. The molecule has 1 amide bonds. The van der Waals surface area contributed by atoms with Gasteiger partial charge in [-0.2, -0.15) is 4.31 Å². The van der Waals surface area contributed by atoms with Gasteiger partial charge in [-0.25, -0.2) is 8.42 Å². The second-order valence-electron chi connectivity index (χ2n) is 7.51. The van der Waals surface area contributed by atoms with Crippen LogP contribution in [0.15, 0.2) is 35.2 Å². The smallest absolute Gasteiger partial charge is 0.243 e. The molecule has 0 aliphatic carbocycles. The van der Waals surface area contributed by atoms with Gasteiger partial charge in [0, 0.05) is 20.6 Å². The molecule has 0 spiro atoms. The largest absolute Gasteiger partial charge is 0.389 e. The lowest BCUT2D eigenvalue weighted by molar-refractivity contribution is -0.150. The van der Waals surface area contributed by atoms with E-state index in [4.69, 9.17) is 9.47 Å². The van der Waals surface area contributed by atoms with Crippen molar-refractivity contribution in [3.05, 3.63) is 30.3 Å². The van der Waals surface area contributed by atoms with E-state index in [1.54, 1.807) is 44.4 Å². The fourth-order valence-corrected chi connectivity index (χ4v) is 5.41. The highest BCUT2D eigenvalue weighted by Crippen LogP contribution is 2.31. The molecule has 1 N–H and O–H groups in total. The SMILES string of the molecule is CN(C)C(=O)C[C@@H]1CC[C@H]2[C@@H](COC[C@@H](O)CN2S(=O)(=O)c2ccccc2)O1. The Balaban J connectivity index is 1.83. The number of carbonyl (C=O) groups excluding carboxylic acids is 1. The van der Waals surface area contributed by atoms with E-state index in [2.05, 4.69) is 0 Å². The van der Waals surface area contributed by atoms with Gasteiger partial charge >= 0.3 is 0 Å². The molecule has 9 heteroatoms. The molecule has 1 aromatic rings. The number of carbonyl (C=O) groups is 1. The fourth-order valence-electron chi connectivity index (χ4n) is 3.68. The van der Waals surface area contributed by atoms with E-state index < -0.39 is 28.3 Å². The van der Waals surface area contributed by atoms with Gasteiger partial charge in [0.2, 0.25) is 15.9 Å². The molecule has 0 aromatic heterocycles. The van der Waals surface area contributed by atoms with E-state index in [-0.39, 0.29) is 43.1 Å². The van der Waals surface area contributed by atoms with Crippen LogP contribution in [0.4, 0.5) is 0 Å². The van der Waals surface area contributed by atoms with Crippen LogP contribution >= 0.6 is 0 Å². The topological polar surface area (TPSA) is 96.4 Å². The Morgan fingerprint density at radius 3 is 2.61 bits per heavy atom. The molecule has 2 aliphatic rings. The van der Waals surface area contributed by atoms with Crippen molar-refractivity contribution in [3.63, 3.8) is 0 Å². The molecule has 0 bridgehead atoms. The van der Waals surface area contributed by atoms with Gasteiger partial charge in [0.25, 0.3) is 0 Å². The van der Waals surface area contributed by atoms with Crippen LogP contribution in [0.5, 0.6) is 0 Å². The average Bonchev–Trinajstić information content (AvgIpc) is 2.65. The van der Waals surface area contributed by atoms with Gasteiger partial charge in [-0.05, 0) is 25.0 Å². The number of rotatable bonds is 4. The highest BCUT2D eigenvalue weighted by molar-refractivity contribution is 7.89. The summed E-state index contributed by atoms with van der Waals surface area (Å²) in [5, 5.41) is 10.2. The van der Waals surface area contributed by atoms with E-state index in [9.17, 15) is 18.3 Å². The molecule has 28 heavy (non-hydrogen) atoms. The van der Waals surface area contributed by atoms with Crippen LogP contribution in [0.25, 0.3) is 0 Å². The lowest BCUT2D eigenvalue weighted by atomic mass is 9.96. The van der Waals surface area contributed by atoms with Gasteiger partial charge in [-0.1, -0.05) is 18.2 Å². The molecule has 0 saturated carbocycles. The van der Waals surface area contributed by atoms with Crippen molar-refractivity contribution in [2.75, 3.05) is 33.9 Å². The summed E-state index contributed by atoms with van der Waals surface area (Å²) in [5.41, 5.74) is 0. The molecule has 156 valence electrons. The van der Waals surface area contributed by atoms with E-state index >= 15 is 0 Å². The average molecular weight is 413 g/mol. The number of nitrogens with zero attached hydrogens (tertiary/aromatic N) is 2. The summed E-state index contributed by atoms with van der Waals surface area (Å²) in [5.74, 6) is -0.0283. The van der Waals surface area contributed by atoms with Crippen LogP contribution in [-0.2, 0) is 24.3 Å². The van der Waals surface area contributed by atoms with Crippen LogP contribution in [0.1, 0.15) is 19.3 Å². The Hall–Kier alpha value is -1.52. The van der Waals surface area contributed by atoms with Crippen LogP contribution in [0.2, 0.25) is 0 Å². The number of fused-ring (bicyclic) bond motifs is 1. The molecule has 2 saturated heterocycles.